The van der Waals surface area contributed by atoms with E-state index in [1.54, 1.807) is 0 Å². The van der Waals surface area contributed by atoms with Crippen LogP contribution in [0.1, 0.15) is 16.7 Å². The molecule has 0 atom stereocenters. The highest BCUT2D eigenvalue weighted by Gasteiger charge is 2.07. The molecule has 0 bridgehead atoms. The van der Waals surface area contributed by atoms with Crippen LogP contribution in [0.25, 0.3) is 0 Å². The van der Waals surface area contributed by atoms with E-state index in [4.69, 9.17) is 0 Å². The number of rotatable bonds is 0. The molecule has 2 rings (SSSR count). The lowest BCUT2D eigenvalue weighted by molar-refractivity contribution is -0.133. The van der Waals surface area contributed by atoms with Crippen molar-refractivity contribution < 1.29 is 9.53 Å². The van der Waals surface area contributed by atoms with Crippen molar-refractivity contribution in [3.05, 3.63) is 34.9 Å². The third-order valence-corrected chi connectivity index (χ3v) is 2.59. The van der Waals surface area contributed by atoms with Crippen molar-refractivity contribution in [2.75, 3.05) is 13.7 Å². The van der Waals surface area contributed by atoms with Crippen molar-refractivity contribution >= 4 is 5.97 Å². The van der Waals surface area contributed by atoms with Crippen molar-refractivity contribution in [1.29, 1.82) is 0 Å². The summed E-state index contributed by atoms with van der Waals surface area (Å²) < 4.78 is 4.46. The van der Waals surface area contributed by atoms with E-state index in [1.165, 1.54) is 18.2 Å². The summed E-state index contributed by atoms with van der Waals surface area (Å²) >= 11 is 0. The fourth-order valence-corrected chi connectivity index (χ4v) is 1.73. The first-order valence-electron chi connectivity index (χ1n) is 5.22. The molecule has 0 aromatic heterocycles. The Labute approximate surface area is 94.8 Å². The van der Waals surface area contributed by atoms with Crippen LogP contribution in [0.15, 0.2) is 18.2 Å². The predicted octanol–water partition coefficient (Wildman–Crippen LogP) is 0.857. The van der Waals surface area contributed by atoms with Crippen molar-refractivity contribution in [3.63, 3.8) is 0 Å². The normalized spacial score (nSPS) is 13.3. The summed E-state index contributed by atoms with van der Waals surface area (Å²) in [5, 5.41) is 3.30. The first-order valence-corrected chi connectivity index (χ1v) is 5.22. The van der Waals surface area contributed by atoms with Gasteiger partial charge in [0.2, 0.25) is 0 Å². The molecule has 1 aliphatic heterocycles. The number of carbonyl (C=O) groups is 1. The van der Waals surface area contributed by atoms with Gasteiger partial charge in [0.15, 0.2) is 0 Å². The minimum atomic E-state index is -0.504. The van der Waals surface area contributed by atoms with Crippen molar-refractivity contribution in [2.24, 2.45) is 0 Å². The number of fused-ring (bicyclic) bond motifs is 1. The highest BCUT2D eigenvalue weighted by atomic mass is 16.5. The second-order valence-electron chi connectivity index (χ2n) is 3.65. The second-order valence-corrected chi connectivity index (χ2v) is 3.65. The molecule has 3 heteroatoms. The molecule has 0 amide bonds. The highest BCUT2D eigenvalue weighted by molar-refractivity contribution is 5.89. The highest BCUT2D eigenvalue weighted by Crippen LogP contribution is 2.15. The van der Waals surface area contributed by atoms with Gasteiger partial charge in [0.25, 0.3) is 0 Å². The SMILES string of the molecule is COC(=O)C#Cc1ccc2c(c1)CNCC2. The van der Waals surface area contributed by atoms with Gasteiger partial charge in [-0.25, -0.2) is 4.79 Å². The van der Waals surface area contributed by atoms with Crippen LogP contribution >= 0.6 is 0 Å². The number of benzene rings is 1. The van der Waals surface area contributed by atoms with Gasteiger partial charge in [-0.1, -0.05) is 12.0 Å². The standard InChI is InChI=1S/C13H13NO2/c1-16-13(15)5-3-10-2-4-11-6-7-14-9-12(11)8-10/h2,4,8,14H,6-7,9H2,1H3. The van der Waals surface area contributed by atoms with Crippen LogP contribution in [0, 0.1) is 11.8 Å². The molecule has 1 aromatic carbocycles. The third kappa shape index (κ3) is 2.41. The molecular formula is C13H13NO2. The van der Waals surface area contributed by atoms with Gasteiger partial charge in [-0.2, -0.15) is 0 Å². The Morgan fingerprint density at radius 1 is 1.44 bits per heavy atom. The molecule has 82 valence electrons. The van der Waals surface area contributed by atoms with Crippen LogP contribution in [-0.4, -0.2) is 19.6 Å². The number of hydrogen-bond acceptors (Lipinski definition) is 3. The van der Waals surface area contributed by atoms with Gasteiger partial charge in [-0.05, 0) is 36.2 Å². The Morgan fingerprint density at radius 3 is 3.12 bits per heavy atom. The lowest BCUT2D eigenvalue weighted by Crippen LogP contribution is -2.23. The number of methoxy groups -OCH3 is 1. The topological polar surface area (TPSA) is 38.3 Å². The number of carbonyl (C=O) groups excluding carboxylic acids is 1. The molecule has 0 aliphatic carbocycles. The first-order chi connectivity index (χ1) is 7.79. The summed E-state index contributed by atoms with van der Waals surface area (Å²) in [4.78, 5) is 10.9. The molecular weight excluding hydrogens is 202 g/mol. The molecule has 0 fully saturated rings. The predicted molar refractivity (Wildman–Crippen MR) is 60.7 cm³/mol. The van der Waals surface area contributed by atoms with E-state index < -0.39 is 5.97 Å². The molecule has 3 nitrogen and oxygen atoms in total. The minimum absolute atomic E-state index is 0.504. The molecule has 1 N–H and O–H groups in total. The van der Waals surface area contributed by atoms with Gasteiger partial charge in [-0.15, -0.1) is 0 Å². The van der Waals surface area contributed by atoms with Crippen LogP contribution in [-0.2, 0) is 22.5 Å². The summed E-state index contributed by atoms with van der Waals surface area (Å²) in [5.41, 5.74) is 3.48. The first kappa shape index (κ1) is 10.7. The summed E-state index contributed by atoms with van der Waals surface area (Å²) in [6.45, 7) is 1.91. The van der Waals surface area contributed by atoms with Crippen LogP contribution in [0.3, 0.4) is 0 Å². The summed E-state index contributed by atoms with van der Waals surface area (Å²) in [6.07, 6.45) is 1.06. The van der Waals surface area contributed by atoms with Gasteiger partial charge in [-0.3, -0.25) is 0 Å². The summed E-state index contributed by atoms with van der Waals surface area (Å²) in [5.74, 6) is 4.71. The Morgan fingerprint density at radius 2 is 2.31 bits per heavy atom. The van der Waals surface area contributed by atoms with Gasteiger partial charge in [0.1, 0.15) is 0 Å². The van der Waals surface area contributed by atoms with Crippen molar-refractivity contribution in [1.82, 2.24) is 5.32 Å². The maximum absolute atomic E-state index is 10.9. The summed E-state index contributed by atoms with van der Waals surface area (Å²) in [6, 6.07) is 6.05. The van der Waals surface area contributed by atoms with Gasteiger partial charge < -0.3 is 10.1 Å². The largest absolute Gasteiger partial charge is 0.459 e. The molecule has 1 heterocycles. The molecule has 0 unspecified atom stereocenters. The smallest absolute Gasteiger partial charge is 0.384 e. The van der Waals surface area contributed by atoms with Crippen LogP contribution < -0.4 is 5.32 Å². The Hall–Kier alpha value is -1.79. The van der Waals surface area contributed by atoms with Crippen molar-refractivity contribution in [3.8, 4) is 11.8 Å². The number of hydrogen-bond donors (Lipinski definition) is 1. The number of nitrogens with one attached hydrogen (secondary N) is 1. The lowest BCUT2D eigenvalue weighted by atomic mass is 9.99. The van der Waals surface area contributed by atoms with E-state index in [9.17, 15) is 4.79 Å². The fraction of sp³-hybridized carbons (Fsp3) is 0.308. The molecule has 16 heavy (non-hydrogen) atoms. The van der Waals surface area contributed by atoms with E-state index in [0.717, 1.165) is 25.1 Å². The van der Waals surface area contributed by atoms with Crippen LogP contribution in [0.4, 0.5) is 0 Å². The Balaban J connectivity index is 2.22. The maximum Gasteiger partial charge on any atom is 0.384 e. The maximum atomic E-state index is 10.9. The zero-order valence-electron chi connectivity index (χ0n) is 9.17. The van der Waals surface area contributed by atoms with E-state index in [0.29, 0.717) is 0 Å². The lowest BCUT2D eigenvalue weighted by Gasteiger charge is -2.16. The monoisotopic (exact) mass is 215 g/mol. The molecule has 0 radical (unpaired) electrons. The zero-order valence-corrected chi connectivity index (χ0v) is 9.17. The number of esters is 1. The fourth-order valence-electron chi connectivity index (χ4n) is 1.73. The average molecular weight is 215 g/mol. The molecule has 0 saturated carbocycles. The quantitative estimate of drug-likeness (QED) is 0.515. The Bertz CT molecular complexity index is 469. The van der Waals surface area contributed by atoms with Crippen LogP contribution in [0.2, 0.25) is 0 Å². The van der Waals surface area contributed by atoms with E-state index in [-0.39, 0.29) is 0 Å². The second kappa shape index (κ2) is 4.82. The molecule has 1 aliphatic rings. The van der Waals surface area contributed by atoms with E-state index in [1.807, 2.05) is 12.1 Å². The number of ether oxygens (including phenoxy) is 1. The molecule has 0 saturated heterocycles. The minimum Gasteiger partial charge on any atom is -0.459 e. The summed E-state index contributed by atoms with van der Waals surface area (Å²) in [7, 11) is 1.33. The zero-order chi connectivity index (χ0) is 11.4. The van der Waals surface area contributed by atoms with Gasteiger partial charge in [0, 0.05) is 18.0 Å². The van der Waals surface area contributed by atoms with Crippen molar-refractivity contribution in [2.45, 2.75) is 13.0 Å². The van der Waals surface area contributed by atoms with E-state index in [2.05, 4.69) is 28.0 Å². The average Bonchev–Trinajstić information content (AvgIpc) is 2.35. The van der Waals surface area contributed by atoms with Gasteiger partial charge >= 0.3 is 5.97 Å². The van der Waals surface area contributed by atoms with E-state index >= 15 is 0 Å². The van der Waals surface area contributed by atoms with Gasteiger partial charge in [0.05, 0.1) is 7.11 Å². The van der Waals surface area contributed by atoms with Crippen LogP contribution in [0.5, 0.6) is 0 Å². The molecule has 0 spiro atoms. The Kier molecular flexibility index (Phi) is 3.23. The molecule has 1 aromatic rings. The third-order valence-electron chi connectivity index (χ3n) is 2.59.